The highest BCUT2D eigenvalue weighted by Crippen LogP contribution is 2.36. The SMILES string of the molecule is COc1ccc2c(c1)CCCC2(O)CNC(=O)CCc1ccccc1. The van der Waals surface area contributed by atoms with Crippen molar-refractivity contribution < 1.29 is 14.6 Å². The number of ether oxygens (including phenoxy) is 1. The molecule has 0 saturated carbocycles. The van der Waals surface area contributed by atoms with Crippen LogP contribution in [0.25, 0.3) is 0 Å². The number of carbonyl (C=O) groups excluding carboxylic acids is 1. The van der Waals surface area contributed by atoms with E-state index in [-0.39, 0.29) is 12.5 Å². The van der Waals surface area contributed by atoms with Crippen molar-refractivity contribution in [2.24, 2.45) is 0 Å². The smallest absolute Gasteiger partial charge is 0.220 e. The molecule has 25 heavy (non-hydrogen) atoms. The summed E-state index contributed by atoms with van der Waals surface area (Å²) < 4.78 is 5.27. The number of carbonyl (C=O) groups is 1. The van der Waals surface area contributed by atoms with Gasteiger partial charge in [0.1, 0.15) is 11.4 Å². The van der Waals surface area contributed by atoms with E-state index < -0.39 is 5.60 Å². The highest BCUT2D eigenvalue weighted by Gasteiger charge is 2.34. The summed E-state index contributed by atoms with van der Waals surface area (Å²) in [5.41, 5.74) is 2.16. The van der Waals surface area contributed by atoms with Crippen LogP contribution < -0.4 is 10.1 Å². The minimum Gasteiger partial charge on any atom is -0.497 e. The first-order valence-corrected chi connectivity index (χ1v) is 8.81. The zero-order chi connectivity index (χ0) is 17.7. The molecule has 0 bridgehead atoms. The van der Waals surface area contributed by atoms with Gasteiger partial charge in [-0.05, 0) is 54.5 Å². The van der Waals surface area contributed by atoms with Crippen molar-refractivity contribution in [2.45, 2.75) is 37.7 Å². The Balaban J connectivity index is 1.60. The molecule has 0 heterocycles. The van der Waals surface area contributed by atoms with E-state index in [1.165, 1.54) is 0 Å². The standard InChI is InChI=1S/C21H25NO3/c1-25-18-10-11-19-17(14-18)8-5-13-21(19,24)15-22-20(23)12-9-16-6-3-2-4-7-16/h2-4,6-7,10-11,14,24H,5,8-9,12-13,15H2,1H3,(H,22,23). The summed E-state index contributed by atoms with van der Waals surface area (Å²) in [4.78, 5) is 12.2. The molecule has 1 aliphatic rings. The second-order valence-electron chi connectivity index (χ2n) is 6.67. The fourth-order valence-corrected chi connectivity index (χ4v) is 3.48. The summed E-state index contributed by atoms with van der Waals surface area (Å²) in [6.45, 7) is 0.250. The zero-order valence-corrected chi connectivity index (χ0v) is 14.6. The number of hydrogen-bond donors (Lipinski definition) is 2. The number of aryl methyl sites for hydroxylation is 2. The van der Waals surface area contributed by atoms with E-state index in [9.17, 15) is 9.90 Å². The second kappa shape index (κ2) is 7.70. The summed E-state index contributed by atoms with van der Waals surface area (Å²) >= 11 is 0. The van der Waals surface area contributed by atoms with E-state index in [4.69, 9.17) is 4.74 Å². The fraction of sp³-hybridized carbons (Fsp3) is 0.381. The van der Waals surface area contributed by atoms with Crippen LogP contribution in [0.15, 0.2) is 48.5 Å². The molecule has 2 aromatic rings. The number of amides is 1. The summed E-state index contributed by atoms with van der Waals surface area (Å²) in [5, 5.41) is 14.0. The molecule has 4 nitrogen and oxygen atoms in total. The number of hydrogen-bond acceptors (Lipinski definition) is 3. The van der Waals surface area contributed by atoms with Crippen LogP contribution in [0, 0.1) is 0 Å². The van der Waals surface area contributed by atoms with Crippen LogP contribution in [0.5, 0.6) is 5.75 Å². The van der Waals surface area contributed by atoms with E-state index >= 15 is 0 Å². The molecule has 0 aromatic heterocycles. The van der Waals surface area contributed by atoms with Crippen LogP contribution in [0.2, 0.25) is 0 Å². The van der Waals surface area contributed by atoms with E-state index in [0.717, 1.165) is 35.3 Å². The Bertz CT molecular complexity index is 729. The Kier molecular flexibility index (Phi) is 5.39. The highest BCUT2D eigenvalue weighted by molar-refractivity contribution is 5.76. The average Bonchev–Trinajstić information content (AvgIpc) is 2.65. The molecule has 0 aliphatic heterocycles. The molecule has 1 atom stereocenters. The molecular formula is C21H25NO3. The van der Waals surface area contributed by atoms with Gasteiger partial charge in [-0.25, -0.2) is 0 Å². The van der Waals surface area contributed by atoms with Crippen molar-refractivity contribution >= 4 is 5.91 Å². The number of aliphatic hydroxyl groups is 1. The van der Waals surface area contributed by atoms with Crippen molar-refractivity contribution in [3.05, 3.63) is 65.2 Å². The van der Waals surface area contributed by atoms with Crippen molar-refractivity contribution in [1.82, 2.24) is 5.32 Å². The van der Waals surface area contributed by atoms with Gasteiger partial charge in [-0.2, -0.15) is 0 Å². The van der Waals surface area contributed by atoms with Gasteiger partial charge in [0.25, 0.3) is 0 Å². The van der Waals surface area contributed by atoms with Gasteiger partial charge in [0.05, 0.1) is 13.7 Å². The van der Waals surface area contributed by atoms with Crippen molar-refractivity contribution in [2.75, 3.05) is 13.7 Å². The lowest BCUT2D eigenvalue weighted by Gasteiger charge is -2.35. The number of rotatable bonds is 6. The molecule has 0 spiro atoms. The minimum absolute atomic E-state index is 0.0297. The molecule has 4 heteroatoms. The molecule has 3 rings (SSSR count). The molecule has 1 aliphatic carbocycles. The lowest BCUT2D eigenvalue weighted by atomic mass is 9.79. The Morgan fingerprint density at radius 1 is 1.24 bits per heavy atom. The second-order valence-corrected chi connectivity index (χ2v) is 6.67. The maximum Gasteiger partial charge on any atom is 0.220 e. The van der Waals surface area contributed by atoms with E-state index in [0.29, 0.717) is 19.3 Å². The van der Waals surface area contributed by atoms with Crippen molar-refractivity contribution in [3.63, 3.8) is 0 Å². The van der Waals surface area contributed by atoms with E-state index in [2.05, 4.69) is 5.32 Å². The molecular weight excluding hydrogens is 314 g/mol. The first kappa shape index (κ1) is 17.5. The maximum absolute atomic E-state index is 12.2. The minimum atomic E-state index is -0.998. The van der Waals surface area contributed by atoms with Crippen LogP contribution in [0.1, 0.15) is 36.0 Å². The number of methoxy groups -OCH3 is 1. The predicted octanol–water partition coefficient (Wildman–Crippen LogP) is 2.97. The number of nitrogens with one attached hydrogen (secondary N) is 1. The third-order valence-corrected chi connectivity index (χ3v) is 4.91. The van der Waals surface area contributed by atoms with Gasteiger partial charge in [-0.3, -0.25) is 4.79 Å². The fourth-order valence-electron chi connectivity index (χ4n) is 3.48. The Morgan fingerprint density at radius 2 is 2.04 bits per heavy atom. The topological polar surface area (TPSA) is 58.6 Å². The molecule has 2 N–H and O–H groups in total. The first-order chi connectivity index (χ1) is 12.1. The molecule has 0 saturated heterocycles. The van der Waals surface area contributed by atoms with Crippen LogP contribution in [-0.4, -0.2) is 24.7 Å². The first-order valence-electron chi connectivity index (χ1n) is 8.81. The predicted molar refractivity (Wildman–Crippen MR) is 97.6 cm³/mol. The Hall–Kier alpha value is -2.33. The summed E-state index contributed by atoms with van der Waals surface area (Å²) in [6.07, 6.45) is 3.62. The van der Waals surface area contributed by atoms with Gasteiger partial charge in [0.15, 0.2) is 0 Å². The molecule has 2 aromatic carbocycles. The van der Waals surface area contributed by atoms with Gasteiger partial charge >= 0.3 is 0 Å². The summed E-state index contributed by atoms with van der Waals surface area (Å²) in [6, 6.07) is 15.7. The highest BCUT2D eigenvalue weighted by atomic mass is 16.5. The molecule has 1 unspecified atom stereocenters. The largest absolute Gasteiger partial charge is 0.497 e. The Labute approximate surface area is 148 Å². The normalized spacial score (nSPS) is 19.1. The van der Waals surface area contributed by atoms with Crippen LogP contribution in [-0.2, 0) is 23.2 Å². The Morgan fingerprint density at radius 3 is 2.80 bits per heavy atom. The van der Waals surface area contributed by atoms with Crippen LogP contribution in [0.3, 0.4) is 0 Å². The maximum atomic E-state index is 12.2. The van der Waals surface area contributed by atoms with Crippen LogP contribution in [0.4, 0.5) is 0 Å². The van der Waals surface area contributed by atoms with Gasteiger partial charge in [0, 0.05) is 6.42 Å². The summed E-state index contributed by atoms with van der Waals surface area (Å²) in [7, 11) is 1.64. The van der Waals surface area contributed by atoms with Gasteiger partial charge < -0.3 is 15.2 Å². The quantitative estimate of drug-likeness (QED) is 0.851. The third kappa shape index (κ3) is 4.20. The van der Waals surface area contributed by atoms with E-state index in [1.54, 1.807) is 7.11 Å². The summed E-state index contributed by atoms with van der Waals surface area (Å²) in [5.74, 6) is 0.771. The molecule has 132 valence electrons. The lowest BCUT2D eigenvalue weighted by Crippen LogP contribution is -2.43. The number of benzene rings is 2. The average molecular weight is 339 g/mol. The van der Waals surface area contributed by atoms with Gasteiger partial charge in [-0.1, -0.05) is 36.4 Å². The molecule has 1 amide bonds. The monoisotopic (exact) mass is 339 g/mol. The van der Waals surface area contributed by atoms with Crippen LogP contribution >= 0.6 is 0 Å². The van der Waals surface area contributed by atoms with Gasteiger partial charge in [-0.15, -0.1) is 0 Å². The van der Waals surface area contributed by atoms with Crippen molar-refractivity contribution in [1.29, 1.82) is 0 Å². The van der Waals surface area contributed by atoms with E-state index in [1.807, 2.05) is 48.5 Å². The van der Waals surface area contributed by atoms with Gasteiger partial charge in [0.2, 0.25) is 5.91 Å². The molecule has 0 radical (unpaired) electrons. The third-order valence-electron chi connectivity index (χ3n) is 4.91. The van der Waals surface area contributed by atoms with Crippen molar-refractivity contribution in [3.8, 4) is 5.75 Å². The molecule has 0 fully saturated rings. The lowest BCUT2D eigenvalue weighted by molar-refractivity contribution is -0.122. The zero-order valence-electron chi connectivity index (χ0n) is 14.6. The number of fused-ring (bicyclic) bond motifs is 1.